The molecule has 0 unspecified atom stereocenters. The number of rotatable bonds is 5. The van der Waals surface area contributed by atoms with Crippen LogP contribution in [0.15, 0.2) is 30.5 Å². The molecule has 1 aliphatic rings. The maximum atomic E-state index is 13.6. The number of likely N-dealkylation sites (tertiary alicyclic amines) is 1. The van der Waals surface area contributed by atoms with Crippen LogP contribution in [0.3, 0.4) is 0 Å². The number of aliphatic hydroxyl groups excluding tert-OH is 1. The summed E-state index contributed by atoms with van der Waals surface area (Å²) in [5, 5.41) is 14.0. The Morgan fingerprint density at radius 1 is 1.40 bits per heavy atom. The van der Waals surface area contributed by atoms with Gasteiger partial charge in [-0.1, -0.05) is 6.07 Å². The van der Waals surface area contributed by atoms with Gasteiger partial charge in [0.2, 0.25) is 0 Å². The number of halogens is 1. The molecule has 0 radical (unpaired) electrons. The number of carbonyl (C=O) groups excluding carboxylic acids is 1. The van der Waals surface area contributed by atoms with E-state index < -0.39 is 5.97 Å². The minimum atomic E-state index is -0.433. The topological polar surface area (TPSA) is 67.6 Å². The van der Waals surface area contributed by atoms with Crippen molar-refractivity contribution >= 4 is 5.97 Å². The van der Waals surface area contributed by atoms with E-state index in [1.807, 2.05) is 0 Å². The molecule has 1 aromatic heterocycles. The second-order valence-corrected chi connectivity index (χ2v) is 6.12. The average Bonchev–Trinajstić information content (AvgIpc) is 3.01. The van der Waals surface area contributed by atoms with E-state index in [-0.39, 0.29) is 18.5 Å². The lowest BCUT2D eigenvalue weighted by atomic mass is 10.1. The lowest BCUT2D eigenvalue weighted by Gasteiger charge is -2.29. The van der Waals surface area contributed by atoms with Crippen molar-refractivity contribution < 1.29 is 19.0 Å². The van der Waals surface area contributed by atoms with Gasteiger partial charge in [0.25, 0.3) is 0 Å². The monoisotopic (exact) mass is 347 g/mol. The van der Waals surface area contributed by atoms with Crippen molar-refractivity contribution in [3.05, 3.63) is 47.5 Å². The maximum Gasteiger partial charge on any atom is 0.341 e. The molecular weight excluding hydrogens is 325 g/mol. The number of benzene rings is 1. The van der Waals surface area contributed by atoms with Crippen molar-refractivity contribution in [1.82, 2.24) is 14.7 Å². The molecule has 1 aliphatic heterocycles. The first-order valence-electron chi connectivity index (χ1n) is 8.49. The maximum absolute atomic E-state index is 13.6. The highest BCUT2D eigenvalue weighted by Gasteiger charge is 2.24. The van der Waals surface area contributed by atoms with Gasteiger partial charge in [-0.15, -0.1) is 0 Å². The lowest BCUT2D eigenvalue weighted by Crippen LogP contribution is -2.36. The summed E-state index contributed by atoms with van der Waals surface area (Å²) in [5.74, 6) is -0.796. The summed E-state index contributed by atoms with van der Waals surface area (Å²) in [6, 6.07) is 6.10. The second kappa shape index (κ2) is 7.76. The first-order valence-corrected chi connectivity index (χ1v) is 8.49. The Labute approximate surface area is 145 Å². The van der Waals surface area contributed by atoms with Crippen LogP contribution in [-0.2, 0) is 11.3 Å². The minimum absolute atomic E-state index is 0.270. The molecule has 134 valence electrons. The van der Waals surface area contributed by atoms with E-state index in [2.05, 4.69) is 10.00 Å². The first kappa shape index (κ1) is 17.6. The second-order valence-electron chi connectivity index (χ2n) is 6.12. The molecule has 25 heavy (non-hydrogen) atoms. The van der Waals surface area contributed by atoms with Gasteiger partial charge in [-0.3, -0.25) is 4.90 Å². The Kier molecular flexibility index (Phi) is 5.45. The molecule has 2 aromatic rings. The molecule has 0 spiro atoms. The molecule has 0 aliphatic carbocycles. The molecule has 1 N–H and O–H groups in total. The predicted octanol–water partition coefficient (Wildman–Crippen LogP) is 2.14. The van der Waals surface area contributed by atoms with Crippen LogP contribution in [0.5, 0.6) is 0 Å². The normalized spacial score (nSPS) is 16.1. The van der Waals surface area contributed by atoms with Gasteiger partial charge < -0.3 is 9.84 Å². The number of nitrogens with zero attached hydrogens (tertiary/aromatic N) is 3. The van der Waals surface area contributed by atoms with Crippen molar-refractivity contribution in [3.63, 3.8) is 0 Å². The number of carbonyl (C=O) groups is 1. The summed E-state index contributed by atoms with van der Waals surface area (Å²) in [7, 11) is 0. The fraction of sp³-hybridized carbons (Fsp3) is 0.444. The molecule has 1 aromatic carbocycles. The van der Waals surface area contributed by atoms with Crippen LogP contribution in [0.25, 0.3) is 5.69 Å². The number of esters is 1. The smallest absolute Gasteiger partial charge is 0.341 e. The molecule has 3 rings (SSSR count). The van der Waals surface area contributed by atoms with Gasteiger partial charge in [0.15, 0.2) is 0 Å². The van der Waals surface area contributed by atoms with Gasteiger partial charge in [-0.25, -0.2) is 13.9 Å². The van der Waals surface area contributed by atoms with E-state index in [1.165, 1.54) is 18.3 Å². The Bertz CT molecular complexity index is 739. The Balaban J connectivity index is 1.93. The summed E-state index contributed by atoms with van der Waals surface area (Å²) in [5.41, 5.74) is 1.61. The standard InChI is InChI=1S/C18H22FN3O3/c1-2-25-18(24)16-11-20-22(14-5-3-4-13(19)10-14)17(16)12-21-8-6-15(23)7-9-21/h3-5,10-11,15,23H,2,6-9,12H2,1H3. The molecule has 1 saturated heterocycles. The third kappa shape index (κ3) is 4.05. The van der Waals surface area contributed by atoms with Crippen molar-refractivity contribution in [2.24, 2.45) is 0 Å². The van der Waals surface area contributed by atoms with Crippen LogP contribution in [0.4, 0.5) is 4.39 Å². The van der Waals surface area contributed by atoms with Crippen LogP contribution in [-0.4, -0.2) is 51.6 Å². The highest BCUT2D eigenvalue weighted by molar-refractivity contribution is 5.90. The van der Waals surface area contributed by atoms with Crippen LogP contribution >= 0.6 is 0 Å². The third-order valence-electron chi connectivity index (χ3n) is 4.35. The van der Waals surface area contributed by atoms with Crippen molar-refractivity contribution in [1.29, 1.82) is 0 Å². The lowest BCUT2D eigenvalue weighted by molar-refractivity contribution is 0.0519. The van der Waals surface area contributed by atoms with Crippen LogP contribution < -0.4 is 0 Å². The molecule has 2 heterocycles. The summed E-state index contributed by atoms with van der Waals surface area (Å²) in [4.78, 5) is 14.4. The molecule has 0 saturated carbocycles. The van der Waals surface area contributed by atoms with Crippen LogP contribution in [0, 0.1) is 5.82 Å². The quantitative estimate of drug-likeness (QED) is 0.840. The Hall–Kier alpha value is -2.25. The average molecular weight is 347 g/mol. The fourth-order valence-electron chi connectivity index (χ4n) is 3.02. The van der Waals surface area contributed by atoms with E-state index in [1.54, 1.807) is 23.7 Å². The minimum Gasteiger partial charge on any atom is -0.462 e. The Morgan fingerprint density at radius 2 is 2.16 bits per heavy atom. The highest BCUT2D eigenvalue weighted by Crippen LogP contribution is 2.21. The highest BCUT2D eigenvalue weighted by atomic mass is 19.1. The van der Waals surface area contributed by atoms with E-state index >= 15 is 0 Å². The van der Waals surface area contributed by atoms with E-state index in [0.717, 1.165) is 13.1 Å². The molecule has 0 amide bonds. The summed E-state index contributed by atoms with van der Waals surface area (Å²) in [6.45, 7) is 3.98. The number of ether oxygens (including phenoxy) is 1. The molecule has 0 atom stereocenters. The van der Waals surface area contributed by atoms with Crippen molar-refractivity contribution in [2.45, 2.75) is 32.4 Å². The predicted molar refractivity (Wildman–Crippen MR) is 90.0 cm³/mol. The van der Waals surface area contributed by atoms with E-state index in [9.17, 15) is 14.3 Å². The zero-order valence-electron chi connectivity index (χ0n) is 14.2. The number of hydrogen-bond acceptors (Lipinski definition) is 5. The van der Waals surface area contributed by atoms with Gasteiger partial charge in [0.1, 0.15) is 11.4 Å². The summed E-state index contributed by atoms with van der Waals surface area (Å²) in [6.07, 6.45) is 2.59. The van der Waals surface area contributed by atoms with Gasteiger partial charge in [-0.2, -0.15) is 5.10 Å². The molecule has 7 heteroatoms. The van der Waals surface area contributed by atoms with Gasteiger partial charge in [0.05, 0.1) is 30.3 Å². The largest absolute Gasteiger partial charge is 0.462 e. The fourth-order valence-corrected chi connectivity index (χ4v) is 3.02. The zero-order valence-corrected chi connectivity index (χ0v) is 14.2. The van der Waals surface area contributed by atoms with Gasteiger partial charge >= 0.3 is 5.97 Å². The van der Waals surface area contributed by atoms with Crippen molar-refractivity contribution in [2.75, 3.05) is 19.7 Å². The number of aliphatic hydroxyl groups is 1. The zero-order chi connectivity index (χ0) is 17.8. The van der Waals surface area contributed by atoms with Crippen LogP contribution in [0.1, 0.15) is 35.8 Å². The molecular formula is C18H22FN3O3. The van der Waals surface area contributed by atoms with E-state index in [0.29, 0.717) is 36.3 Å². The molecule has 0 bridgehead atoms. The Morgan fingerprint density at radius 3 is 2.84 bits per heavy atom. The SMILES string of the molecule is CCOC(=O)c1cnn(-c2cccc(F)c2)c1CN1CCC(O)CC1. The number of aromatic nitrogens is 2. The van der Waals surface area contributed by atoms with Crippen molar-refractivity contribution in [3.8, 4) is 5.69 Å². The number of piperidine rings is 1. The first-order chi connectivity index (χ1) is 12.1. The van der Waals surface area contributed by atoms with E-state index in [4.69, 9.17) is 4.74 Å². The molecule has 1 fully saturated rings. The van der Waals surface area contributed by atoms with Gasteiger partial charge in [-0.05, 0) is 38.0 Å². The third-order valence-corrected chi connectivity index (χ3v) is 4.35. The van der Waals surface area contributed by atoms with Gasteiger partial charge in [0, 0.05) is 19.6 Å². The van der Waals surface area contributed by atoms with Crippen LogP contribution in [0.2, 0.25) is 0 Å². The number of hydrogen-bond donors (Lipinski definition) is 1. The summed E-state index contributed by atoms with van der Waals surface area (Å²) >= 11 is 0. The molecule has 6 nitrogen and oxygen atoms in total. The summed E-state index contributed by atoms with van der Waals surface area (Å²) < 4.78 is 20.3.